The molecule has 0 aromatic carbocycles. The third kappa shape index (κ3) is 2.70. The number of aryl methyl sites for hydroxylation is 1. The standard InChI is InChI=1S/C18H22N4O4/c1-3-13(17(23)19-10-12-5-4-7-25-12)22-18(24)15-9-16-14(6-8-26-16)21(15)11(2)20-22/h6,8-9,12-13H,3-5,7,10H2,1-2H3,(H,19,23). The van der Waals surface area contributed by atoms with Gasteiger partial charge in [-0.25, -0.2) is 4.68 Å². The van der Waals surface area contributed by atoms with E-state index in [4.69, 9.17) is 9.15 Å². The molecule has 1 N–H and O–H groups in total. The number of hydrogen-bond acceptors (Lipinski definition) is 5. The minimum absolute atomic E-state index is 0.0582. The smallest absolute Gasteiger partial charge is 0.291 e. The Morgan fingerprint density at radius 2 is 2.31 bits per heavy atom. The van der Waals surface area contributed by atoms with Crippen LogP contribution in [-0.4, -0.2) is 39.3 Å². The Labute approximate surface area is 149 Å². The molecule has 4 rings (SSSR count). The van der Waals surface area contributed by atoms with Gasteiger partial charge in [0.15, 0.2) is 5.58 Å². The number of carbonyl (C=O) groups is 1. The molecule has 8 heteroatoms. The molecule has 3 aromatic rings. The zero-order valence-corrected chi connectivity index (χ0v) is 14.9. The number of ether oxygens (including phenoxy) is 1. The third-order valence-corrected chi connectivity index (χ3v) is 4.94. The lowest BCUT2D eigenvalue weighted by Gasteiger charge is -2.19. The molecule has 1 saturated heterocycles. The summed E-state index contributed by atoms with van der Waals surface area (Å²) in [6, 6.07) is 2.83. The summed E-state index contributed by atoms with van der Waals surface area (Å²) >= 11 is 0. The quantitative estimate of drug-likeness (QED) is 0.751. The highest BCUT2D eigenvalue weighted by molar-refractivity contribution is 5.83. The lowest BCUT2D eigenvalue weighted by atomic mass is 10.2. The van der Waals surface area contributed by atoms with Crippen molar-refractivity contribution in [3.8, 4) is 0 Å². The molecule has 1 amide bonds. The van der Waals surface area contributed by atoms with Gasteiger partial charge in [0.25, 0.3) is 5.56 Å². The molecule has 2 unspecified atom stereocenters. The highest BCUT2D eigenvalue weighted by atomic mass is 16.5. The largest absolute Gasteiger partial charge is 0.463 e. The zero-order chi connectivity index (χ0) is 18.3. The Kier molecular flexibility index (Phi) is 4.28. The first kappa shape index (κ1) is 16.8. The van der Waals surface area contributed by atoms with Crippen LogP contribution in [0, 0.1) is 6.92 Å². The Balaban J connectivity index is 1.67. The first-order chi connectivity index (χ1) is 12.6. The Morgan fingerprint density at radius 3 is 3.04 bits per heavy atom. The minimum Gasteiger partial charge on any atom is -0.463 e. The fourth-order valence-electron chi connectivity index (χ4n) is 3.61. The van der Waals surface area contributed by atoms with Crippen molar-refractivity contribution >= 4 is 22.5 Å². The lowest BCUT2D eigenvalue weighted by Crippen LogP contribution is -2.41. The average Bonchev–Trinajstić information content (AvgIpc) is 3.34. The maximum absolute atomic E-state index is 12.9. The Bertz CT molecular complexity index is 1010. The van der Waals surface area contributed by atoms with E-state index in [9.17, 15) is 9.59 Å². The second-order valence-corrected chi connectivity index (χ2v) is 6.64. The van der Waals surface area contributed by atoms with E-state index < -0.39 is 6.04 Å². The molecule has 26 heavy (non-hydrogen) atoms. The van der Waals surface area contributed by atoms with E-state index >= 15 is 0 Å². The van der Waals surface area contributed by atoms with E-state index in [1.807, 2.05) is 13.8 Å². The molecule has 0 saturated carbocycles. The van der Waals surface area contributed by atoms with E-state index in [2.05, 4.69) is 10.4 Å². The fourth-order valence-corrected chi connectivity index (χ4v) is 3.61. The lowest BCUT2D eigenvalue weighted by molar-refractivity contribution is -0.125. The average molecular weight is 358 g/mol. The second-order valence-electron chi connectivity index (χ2n) is 6.64. The minimum atomic E-state index is -0.659. The fraction of sp³-hybridized carbons (Fsp3) is 0.500. The molecule has 0 spiro atoms. The van der Waals surface area contributed by atoms with Crippen LogP contribution in [0.2, 0.25) is 0 Å². The van der Waals surface area contributed by atoms with Crippen molar-refractivity contribution in [1.82, 2.24) is 19.5 Å². The predicted molar refractivity (Wildman–Crippen MR) is 95.3 cm³/mol. The van der Waals surface area contributed by atoms with Crippen molar-refractivity contribution in [3.05, 3.63) is 34.6 Å². The second kappa shape index (κ2) is 6.60. The van der Waals surface area contributed by atoms with Gasteiger partial charge < -0.3 is 14.5 Å². The van der Waals surface area contributed by atoms with Crippen molar-refractivity contribution in [3.63, 3.8) is 0 Å². The van der Waals surface area contributed by atoms with Crippen molar-refractivity contribution in [2.75, 3.05) is 13.2 Å². The van der Waals surface area contributed by atoms with Crippen LogP contribution in [0.1, 0.15) is 38.1 Å². The molecule has 0 bridgehead atoms. The summed E-state index contributed by atoms with van der Waals surface area (Å²) in [7, 11) is 0. The summed E-state index contributed by atoms with van der Waals surface area (Å²) in [5.74, 6) is 0.415. The van der Waals surface area contributed by atoms with E-state index in [1.165, 1.54) is 4.68 Å². The molecule has 0 aliphatic carbocycles. The summed E-state index contributed by atoms with van der Waals surface area (Å²) in [6.45, 7) is 4.88. The molecular formula is C18H22N4O4. The van der Waals surface area contributed by atoms with Crippen LogP contribution in [-0.2, 0) is 9.53 Å². The summed E-state index contributed by atoms with van der Waals surface area (Å²) in [6.07, 6.45) is 4.07. The molecule has 2 atom stereocenters. The van der Waals surface area contributed by atoms with Crippen LogP contribution in [0.25, 0.3) is 16.6 Å². The Hall–Kier alpha value is -2.61. The predicted octanol–water partition coefficient (Wildman–Crippen LogP) is 1.80. The normalized spacial score (nSPS) is 18.6. The number of nitrogens with one attached hydrogen (secondary N) is 1. The molecule has 138 valence electrons. The molecule has 8 nitrogen and oxygen atoms in total. The molecule has 1 aliphatic rings. The van der Waals surface area contributed by atoms with Crippen molar-refractivity contribution < 1.29 is 13.9 Å². The van der Waals surface area contributed by atoms with Gasteiger partial charge in [0, 0.05) is 25.3 Å². The number of carbonyl (C=O) groups excluding carboxylic acids is 1. The van der Waals surface area contributed by atoms with Gasteiger partial charge >= 0.3 is 0 Å². The molecule has 4 heterocycles. The van der Waals surface area contributed by atoms with Crippen LogP contribution < -0.4 is 10.9 Å². The number of fused-ring (bicyclic) bond motifs is 3. The number of hydrogen-bond donors (Lipinski definition) is 1. The van der Waals surface area contributed by atoms with Crippen LogP contribution in [0.4, 0.5) is 0 Å². The van der Waals surface area contributed by atoms with Crippen LogP contribution in [0.3, 0.4) is 0 Å². The number of nitrogens with zero attached hydrogens (tertiary/aromatic N) is 3. The van der Waals surface area contributed by atoms with Crippen molar-refractivity contribution in [2.24, 2.45) is 0 Å². The summed E-state index contributed by atoms with van der Waals surface area (Å²) in [5.41, 5.74) is 1.57. The van der Waals surface area contributed by atoms with E-state index in [1.54, 1.807) is 22.8 Å². The molecule has 0 radical (unpaired) electrons. The van der Waals surface area contributed by atoms with Crippen LogP contribution in [0.5, 0.6) is 0 Å². The maximum Gasteiger partial charge on any atom is 0.291 e. The number of amides is 1. The summed E-state index contributed by atoms with van der Waals surface area (Å²) < 4.78 is 14.0. The molecule has 3 aromatic heterocycles. The van der Waals surface area contributed by atoms with Gasteiger partial charge in [-0.2, -0.15) is 5.10 Å². The first-order valence-electron chi connectivity index (χ1n) is 8.97. The molecule has 1 aliphatic heterocycles. The summed E-state index contributed by atoms with van der Waals surface area (Å²) in [4.78, 5) is 25.6. The summed E-state index contributed by atoms with van der Waals surface area (Å²) in [5, 5.41) is 7.31. The highest BCUT2D eigenvalue weighted by Crippen LogP contribution is 2.21. The zero-order valence-electron chi connectivity index (χ0n) is 14.9. The van der Waals surface area contributed by atoms with Gasteiger partial charge in [-0.05, 0) is 26.2 Å². The van der Waals surface area contributed by atoms with Gasteiger partial charge in [-0.1, -0.05) is 6.92 Å². The molecular weight excluding hydrogens is 336 g/mol. The van der Waals surface area contributed by atoms with E-state index in [0.717, 1.165) is 25.0 Å². The number of rotatable bonds is 5. The number of furan rings is 1. The van der Waals surface area contributed by atoms with Crippen molar-refractivity contribution in [2.45, 2.75) is 45.3 Å². The molecule has 1 fully saturated rings. The van der Waals surface area contributed by atoms with Gasteiger partial charge in [-0.3, -0.25) is 14.0 Å². The van der Waals surface area contributed by atoms with Gasteiger partial charge in [-0.15, -0.1) is 0 Å². The Morgan fingerprint density at radius 1 is 1.46 bits per heavy atom. The van der Waals surface area contributed by atoms with Crippen LogP contribution >= 0.6 is 0 Å². The SMILES string of the molecule is CCC(C(=O)NCC1CCCO1)n1nc(C)n2c(cc3occc32)c1=O. The maximum atomic E-state index is 12.9. The van der Waals surface area contributed by atoms with Crippen LogP contribution in [0.15, 0.2) is 27.6 Å². The van der Waals surface area contributed by atoms with Gasteiger partial charge in [0.05, 0.1) is 17.9 Å². The van der Waals surface area contributed by atoms with Gasteiger partial charge in [0.1, 0.15) is 17.4 Å². The first-order valence-corrected chi connectivity index (χ1v) is 8.97. The van der Waals surface area contributed by atoms with E-state index in [-0.39, 0.29) is 17.6 Å². The topological polar surface area (TPSA) is 90.8 Å². The monoisotopic (exact) mass is 358 g/mol. The number of aromatic nitrogens is 3. The van der Waals surface area contributed by atoms with Crippen molar-refractivity contribution in [1.29, 1.82) is 0 Å². The highest BCUT2D eigenvalue weighted by Gasteiger charge is 2.25. The third-order valence-electron chi connectivity index (χ3n) is 4.94. The van der Waals surface area contributed by atoms with E-state index in [0.29, 0.717) is 29.9 Å². The van der Waals surface area contributed by atoms with Gasteiger partial charge in [0.2, 0.25) is 5.91 Å².